The van der Waals surface area contributed by atoms with Gasteiger partial charge in [0.2, 0.25) is 11.8 Å². The first-order valence-corrected chi connectivity index (χ1v) is 13.8. The van der Waals surface area contributed by atoms with Crippen LogP contribution in [0.15, 0.2) is 48.0 Å². The number of benzene rings is 1. The highest BCUT2D eigenvalue weighted by atomic mass is 32.1. The van der Waals surface area contributed by atoms with Crippen LogP contribution < -0.4 is 16.4 Å². The number of hydrogen-bond acceptors (Lipinski definition) is 8. The van der Waals surface area contributed by atoms with Crippen LogP contribution in [-0.4, -0.2) is 71.6 Å². The van der Waals surface area contributed by atoms with E-state index in [1.165, 1.54) is 28.5 Å². The highest BCUT2D eigenvalue weighted by molar-refractivity contribution is 7.10. The molecule has 0 saturated carbocycles. The van der Waals surface area contributed by atoms with Crippen molar-refractivity contribution < 1.29 is 28.2 Å². The number of hydrogen-bond donors (Lipinski definition) is 4. The third-order valence-corrected chi connectivity index (χ3v) is 7.91. The van der Waals surface area contributed by atoms with Crippen molar-refractivity contribution in [2.24, 2.45) is 5.73 Å². The highest BCUT2D eigenvalue weighted by Crippen LogP contribution is 2.35. The zero-order valence-electron chi connectivity index (χ0n) is 22.2. The molecule has 1 unspecified atom stereocenters. The van der Waals surface area contributed by atoms with Gasteiger partial charge in [0, 0.05) is 34.0 Å². The van der Waals surface area contributed by atoms with Crippen LogP contribution in [0.25, 0.3) is 11.1 Å². The van der Waals surface area contributed by atoms with Crippen LogP contribution in [0.4, 0.5) is 4.39 Å². The van der Waals surface area contributed by atoms with Gasteiger partial charge >= 0.3 is 0 Å². The number of amidine groups is 1. The third kappa shape index (κ3) is 6.26. The number of aryl methyl sites for hydroxylation is 1. The van der Waals surface area contributed by atoms with E-state index in [2.05, 4.69) is 15.6 Å². The number of pyridine rings is 1. The van der Waals surface area contributed by atoms with E-state index in [0.717, 1.165) is 16.0 Å². The lowest BCUT2D eigenvalue weighted by Gasteiger charge is -2.24. The zero-order chi connectivity index (χ0) is 29.1. The highest BCUT2D eigenvalue weighted by Gasteiger charge is 2.52. The Morgan fingerprint density at radius 3 is 2.56 bits per heavy atom. The fraction of sp³-hybridized carbons (Fsp3) is 0.321. The van der Waals surface area contributed by atoms with Crippen molar-refractivity contribution >= 4 is 34.9 Å². The first-order chi connectivity index (χ1) is 19.6. The molecule has 214 valence electrons. The predicted octanol–water partition coefficient (Wildman–Crippen LogP) is 1.93. The van der Waals surface area contributed by atoms with Crippen LogP contribution in [0, 0.1) is 18.2 Å². The lowest BCUT2D eigenvalue weighted by molar-refractivity contribution is -0.152. The number of carbonyl (C=O) groups excluding carboxylic acids is 3. The van der Waals surface area contributed by atoms with Gasteiger partial charge in [-0.25, -0.2) is 9.37 Å². The number of halogens is 1. The second kappa shape index (κ2) is 11.7. The van der Waals surface area contributed by atoms with Gasteiger partial charge in [0.25, 0.3) is 5.91 Å². The Hall–Kier alpha value is -4.20. The summed E-state index contributed by atoms with van der Waals surface area (Å²) in [4.78, 5) is 45.2. The van der Waals surface area contributed by atoms with Crippen molar-refractivity contribution in [2.45, 2.75) is 31.7 Å². The molecule has 5 N–H and O–H groups in total. The summed E-state index contributed by atoms with van der Waals surface area (Å²) in [6.45, 7) is 2.32. The Bertz CT molecular complexity index is 1490. The van der Waals surface area contributed by atoms with Crippen LogP contribution in [0.5, 0.6) is 0 Å². The van der Waals surface area contributed by atoms with E-state index in [-0.39, 0.29) is 25.3 Å². The van der Waals surface area contributed by atoms with Crippen LogP contribution in [0.1, 0.15) is 32.9 Å². The van der Waals surface area contributed by atoms with Gasteiger partial charge < -0.3 is 30.7 Å². The maximum Gasteiger partial charge on any atom is 0.273 e. The smallest absolute Gasteiger partial charge is 0.273 e. The second-order valence-corrected chi connectivity index (χ2v) is 10.9. The average Bonchev–Trinajstić information content (AvgIpc) is 3.71. The van der Waals surface area contributed by atoms with Crippen LogP contribution in [0.3, 0.4) is 0 Å². The number of likely N-dealkylation sites (tertiary alicyclic amines) is 1. The molecule has 41 heavy (non-hydrogen) atoms. The van der Waals surface area contributed by atoms with Crippen LogP contribution in [-0.2, 0) is 25.6 Å². The molecule has 1 aromatic carbocycles. The molecule has 0 aliphatic carbocycles. The molecule has 3 amide bonds. The minimum absolute atomic E-state index is 0.00509. The molecule has 1 atom stereocenters. The fourth-order valence-corrected chi connectivity index (χ4v) is 5.62. The van der Waals surface area contributed by atoms with E-state index >= 15 is 0 Å². The Labute approximate surface area is 239 Å². The predicted molar refractivity (Wildman–Crippen MR) is 149 cm³/mol. The Morgan fingerprint density at radius 1 is 1.17 bits per heavy atom. The third-order valence-electron chi connectivity index (χ3n) is 6.97. The Morgan fingerprint density at radius 2 is 1.90 bits per heavy atom. The molecular formula is C28H29FN6O5S. The van der Waals surface area contributed by atoms with E-state index in [9.17, 15) is 18.8 Å². The summed E-state index contributed by atoms with van der Waals surface area (Å²) in [6.07, 6.45) is 1.52. The molecule has 1 spiro atoms. The quantitative estimate of drug-likeness (QED) is 0.234. The molecule has 5 rings (SSSR count). The van der Waals surface area contributed by atoms with Crippen LogP contribution >= 0.6 is 11.3 Å². The summed E-state index contributed by atoms with van der Waals surface area (Å²) in [7, 11) is 0. The van der Waals surface area contributed by atoms with Gasteiger partial charge in [0.15, 0.2) is 17.3 Å². The molecule has 2 aliphatic rings. The van der Waals surface area contributed by atoms with E-state index in [1.54, 1.807) is 11.4 Å². The lowest BCUT2D eigenvalue weighted by atomic mass is 10.1. The molecule has 13 heteroatoms. The topological polar surface area (TPSA) is 160 Å². The maximum atomic E-state index is 14.8. The van der Waals surface area contributed by atoms with Crippen molar-refractivity contribution in [1.82, 2.24) is 20.5 Å². The summed E-state index contributed by atoms with van der Waals surface area (Å²) in [5.74, 6) is -3.82. The first-order valence-electron chi connectivity index (χ1n) is 12.9. The largest absolute Gasteiger partial charge is 0.384 e. The number of nitrogens with two attached hydrogens (primary N) is 1. The molecule has 2 fully saturated rings. The maximum absolute atomic E-state index is 14.8. The molecule has 2 aliphatic heterocycles. The zero-order valence-corrected chi connectivity index (χ0v) is 23.1. The van der Waals surface area contributed by atoms with Gasteiger partial charge in [0.1, 0.15) is 11.9 Å². The summed E-state index contributed by atoms with van der Waals surface area (Å²) < 4.78 is 26.3. The van der Waals surface area contributed by atoms with Gasteiger partial charge in [-0.2, -0.15) is 0 Å². The number of nitrogens with zero attached hydrogens (tertiary/aromatic N) is 2. The number of aromatic nitrogens is 1. The summed E-state index contributed by atoms with van der Waals surface area (Å²) in [5, 5.41) is 14.5. The molecule has 3 aromatic rings. The van der Waals surface area contributed by atoms with Crippen molar-refractivity contribution in [3.05, 3.63) is 75.5 Å². The molecule has 0 radical (unpaired) electrons. The molecule has 0 bridgehead atoms. The summed E-state index contributed by atoms with van der Waals surface area (Å²) >= 11 is 1.35. The van der Waals surface area contributed by atoms with Gasteiger partial charge in [-0.1, -0.05) is 29.8 Å². The molecule has 11 nitrogen and oxygen atoms in total. The van der Waals surface area contributed by atoms with Crippen LogP contribution in [0.2, 0.25) is 0 Å². The summed E-state index contributed by atoms with van der Waals surface area (Å²) in [6, 6.07) is 9.48. The van der Waals surface area contributed by atoms with Crippen molar-refractivity contribution in [1.29, 1.82) is 5.41 Å². The number of carbonyl (C=O) groups is 3. The second-order valence-electron chi connectivity index (χ2n) is 9.89. The number of rotatable bonds is 8. The number of nitrogens with one attached hydrogen (secondary N) is 3. The number of thiophene rings is 1. The fourth-order valence-electron chi connectivity index (χ4n) is 4.80. The Kier molecular flexibility index (Phi) is 8.10. The molecule has 2 aromatic heterocycles. The van der Waals surface area contributed by atoms with Gasteiger partial charge in [0.05, 0.1) is 32.8 Å². The molecule has 2 saturated heterocycles. The van der Waals surface area contributed by atoms with E-state index in [1.807, 2.05) is 31.2 Å². The number of nitrogen functional groups attached to an aromatic ring is 1. The van der Waals surface area contributed by atoms with Gasteiger partial charge in [-0.05, 0) is 24.6 Å². The first kappa shape index (κ1) is 28.3. The van der Waals surface area contributed by atoms with Crippen molar-refractivity contribution in [3.63, 3.8) is 0 Å². The standard InChI is InChI=1S/C28H29FN6O5S/c1-16-2-4-17(5-3-16)18-9-21(29)24(32-11-18)27(38)34-13-23(36)35-15-28(39-6-7-40-28)10-22(35)26(37)33-12-20-8-19(14-41-20)25(30)31/h2-5,8-9,11,14,22H,6-7,10,12-13,15H2,1H3,(H3,30,31)(H,33,37)(H,34,38). The van der Waals surface area contributed by atoms with Crippen molar-refractivity contribution in [3.8, 4) is 11.1 Å². The van der Waals surface area contributed by atoms with E-state index < -0.39 is 47.6 Å². The Balaban J connectivity index is 1.23. The normalized spacial score (nSPS) is 17.5. The van der Waals surface area contributed by atoms with E-state index in [0.29, 0.717) is 24.3 Å². The van der Waals surface area contributed by atoms with E-state index in [4.69, 9.17) is 20.6 Å². The number of amides is 3. The summed E-state index contributed by atoms with van der Waals surface area (Å²) in [5.41, 5.74) is 7.96. The monoisotopic (exact) mass is 580 g/mol. The molecular weight excluding hydrogens is 551 g/mol. The number of ether oxygens (including phenoxy) is 2. The SMILES string of the molecule is Cc1ccc(-c2cnc(C(=O)NCC(=O)N3CC4(CC3C(=O)NCc3cc(C(=N)N)cs3)OCCO4)c(F)c2)cc1. The average molecular weight is 581 g/mol. The lowest BCUT2D eigenvalue weighted by Crippen LogP contribution is -2.49. The minimum Gasteiger partial charge on any atom is -0.384 e. The van der Waals surface area contributed by atoms with Crippen molar-refractivity contribution in [2.75, 3.05) is 26.3 Å². The minimum atomic E-state index is -1.11. The molecule has 4 heterocycles. The van der Waals surface area contributed by atoms with Gasteiger partial charge in [-0.3, -0.25) is 19.8 Å². The van der Waals surface area contributed by atoms with Gasteiger partial charge in [-0.15, -0.1) is 11.3 Å².